The van der Waals surface area contributed by atoms with Crippen LogP contribution in [0.1, 0.15) is 11.1 Å². The molecule has 1 fully saturated rings. The molecule has 0 spiro atoms. The predicted octanol–water partition coefficient (Wildman–Crippen LogP) is 0.383. The fraction of sp³-hybridized carbons (Fsp3) is 0.385. The lowest BCUT2D eigenvalue weighted by atomic mass is 10.1. The first-order chi connectivity index (χ1) is 9.11. The van der Waals surface area contributed by atoms with E-state index < -0.39 is 17.8 Å². The number of nitrogens with zero attached hydrogens (tertiary/aromatic N) is 2. The normalized spacial score (nSPS) is 19.9. The van der Waals surface area contributed by atoms with Gasteiger partial charge in [0.2, 0.25) is 5.91 Å². The van der Waals surface area contributed by atoms with E-state index in [-0.39, 0.29) is 13.2 Å². The van der Waals surface area contributed by atoms with Crippen LogP contribution in [0.3, 0.4) is 0 Å². The van der Waals surface area contributed by atoms with E-state index in [0.29, 0.717) is 24.3 Å². The van der Waals surface area contributed by atoms with E-state index >= 15 is 0 Å². The highest BCUT2D eigenvalue weighted by Gasteiger charge is 2.28. The van der Waals surface area contributed by atoms with Gasteiger partial charge in [-0.25, -0.2) is 4.39 Å². The average molecular weight is 263 g/mol. The fourth-order valence-corrected chi connectivity index (χ4v) is 2.07. The number of primary amides is 1. The van der Waals surface area contributed by atoms with Gasteiger partial charge in [0.15, 0.2) is 0 Å². The average Bonchev–Trinajstić information content (AvgIpc) is 2.41. The Bertz CT molecular complexity index is 527. The van der Waals surface area contributed by atoms with Crippen molar-refractivity contribution in [3.63, 3.8) is 0 Å². The van der Waals surface area contributed by atoms with Crippen LogP contribution in [0.25, 0.3) is 0 Å². The summed E-state index contributed by atoms with van der Waals surface area (Å²) < 4.78 is 18.9. The molecule has 1 atom stereocenters. The quantitative estimate of drug-likeness (QED) is 0.855. The molecule has 1 aromatic carbocycles. The van der Waals surface area contributed by atoms with Crippen LogP contribution in [0.15, 0.2) is 18.2 Å². The minimum absolute atomic E-state index is 0.217. The molecule has 100 valence electrons. The second kappa shape index (κ2) is 5.78. The van der Waals surface area contributed by atoms with Crippen molar-refractivity contribution in [1.29, 1.82) is 5.26 Å². The van der Waals surface area contributed by atoms with E-state index in [1.807, 2.05) is 6.07 Å². The molecule has 1 aliphatic heterocycles. The number of morpholine rings is 1. The minimum Gasteiger partial charge on any atom is -0.378 e. The zero-order chi connectivity index (χ0) is 13.8. The molecule has 1 saturated heterocycles. The molecular weight excluding hydrogens is 249 g/mol. The molecule has 5 nitrogen and oxygen atoms in total. The van der Waals surface area contributed by atoms with Crippen LogP contribution in [-0.4, -0.2) is 36.6 Å². The van der Waals surface area contributed by atoms with Crippen molar-refractivity contribution in [1.82, 2.24) is 4.90 Å². The lowest BCUT2D eigenvalue weighted by Crippen LogP contribution is -2.51. The summed E-state index contributed by atoms with van der Waals surface area (Å²) in [6.45, 7) is 1.43. The van der Waals surface area contributed by atoms with Gasteiger partial charge in [-0.1, -0.05) is 0 Å². The molecule has 0 aliphatic carbocycles. The molecule has 0 bridgehead atoms. The largest absolute Gasteiger partial charge is 0.378 e. The number of hydrogen-bond acceptors (Lipinski definition) is 4. The van der Waals surface area contributed by atoms with Gasteiger partial charge < -0.3 is 10.5 Å². The molecule has 1 aliphatic rings. The van der Waals surface area contributed by atoms with Crippen LogP contribution < -0.4 is 5.73 Å². The first kappa shape index (κ1) is 13.5. The van der Waals surface area contributed by atoms with Crippen molar-refractivity contribution in [2.75, 3.05) is 19.8 Å². The third-order valence-corrected chi connectivity index (χ3v) is 3.12. The number of carbonyl (C=O) groups excluding carboxylic acids is 1. The Labute approximate surface area is 110 Å². The van der Waals surface area contributed by atoms with Crippen LogP contribution in [-0.2, 0) is 16.1 Å². The van der Waals surface area contributed by atoms with Crippen molar-refractivity contribution >= 4 is 5.91 Å². The van der Waals surface area contributed by atoms with E-state index in [1.54, 1.807) is 4.90 Å². The van der Waals surface area contributed by atoms with Crippen molar-refractivity contribution in [2.24, 2.45) is 5.73 Å². The summed E-state index contributed by atoms with van der Waals surface area (Å²) in [4.78, 5) is 13.1. The van der Waals surface area contributed by atoms with Gasteiger partial charge in [0.05, 0.1) is 24.8 Å². The molecule has 1 amide bonds. The van der Waals surface area contributed by atoms with Crippen LogP contribution in [0.4, 0.5) is 4.39 Å². The van der Waals surface area contributed by atoms with Gasteiger partial charge in [-0.3, -0.25) is 9.69 Å². The maximum atomic E-state index is 13.7. The summed E-state index contributed by atoms with van der Waals surface area (Å²) >= 11 is 0. The second-order valence-corrected chi connectivity index (χ2v) is 4.38. The number of halogens is 1. The van der Waals surface area contributed by atoms with E-state index in [2.05, 4.69) is 0 Å². The standard InChI is InChI=1S/C13H14FN3O2/c14-11-2-1-9(6-15)5-10(11)7-17-3-4-19-8-12(17)13(16)18/h1-2,5,12H,3-4,7-8H2,(H2,16,18). The second-order valence-electron chi connectivity index (χ2n) is 4.38. The zero-order valence-corrected chi connectivity index (χ0v) is 10.3. The third kappa shape index (κ3) is 3.08. The highest BCUT2D eigenvalue weighted by Crippen LogP contribution is 2.16. The summed E-state index contributed by atoms with van der Waals surface area (Å²) in [7, 11) is 0. The van der Waals surface area contributed by atoms with Gasteiger partial charge >= 0.3 is 0 Å². The Balaban J connectivity index is 2.19. The molecule has 1 aromatic rings. The molecule has 0 radical (unpaired) electrons. The van der Waals surface area contributed by atoms with E-state index in [0.717, 1.165) is 0 Å². The van der Waals surface area contributed by atoms with Crippen LogP contribution in [0.2, 0.25) is 0 Å². The monoisotopic (exact) mass is 263 g/mol. The topological polar surface area (TPSA) is 79.3 Å². The Morgan fingerprint density at radius 1 is 1.63 bits per heavy atom. The van der Waals surface area contributed by atoms with E-state index in [4.69, 9.17) is 15.7 Å². The van der Waals surface area contributed by atoms with Gasteiger partial charge in [0.25, 0.3) is 0 Å². The number of nitriles is 1. The summed E-state index contributed by atoms with van der Waals surface area (Å²) in [5.74, 6) is -0.884. The number of benzene rings is 1. The minimum atomic E-state index is -0.557. The smallest absolute Gasteiger partial charge is 0.237 e. The SMILES string of the molecule is N#Cc1ccc(F)c(CN2CCOCC2C(N)=O)c1. The molecule has 0 aromatic heterocycles. The number of amides is 1. The molecule has 19 heavy (non-hydrogen) atoms. The van der Waals surface area contributed by atoms with Crippen LogP contribution >= 0.6 is 0 Å². The summed E-state index contributed by atoms with van der Waals surface area (Å²) in [6.07, 6.45) is 0. The van der Waals surface area contributed by atoms with Crippen molar-refractivity contribution in [3.8, 4) is 6.07 Å². The predicted molar refractivity (Wildman–Crippen MR) is 65.3 cm³/mol. The van der Waals surface area contributed by atoms with E-state index in [9.17, 15) is 9.18 Å². The Kier molecular flexibility index (Phi) is 4.10. The molecular formula is C13H14FN3O2. The Morgan fingerprint density at radius 2 is 2.42 bits per heavy atom. The maximum Gasteiger partial charge on any atom is 0.237 e. The number of hydrogen-bond donors (Lipinski definition) is 1. The lowest BCUT2D eigenvalue weighted by Gasteiger charge is -2.33. The highest BCUT2D eigenvalue weighted by atomic mass is 19.1. The van der Waals surface area contributed by atoms with Crippen molar-refractivity contribution < 1.29 is 13.9 Å². The molecule has 0 saturated carbocycles. The maximum absolute atomic E-state index is 13.7. The Hall–Kier alpha value is -1.97. The highest BCUT2D eigenvalue weighted by molar-refractivity contribution is 5.80. The zero-order valence-electron chi connectivity index (χ0n) is 10.3. The number of nitrogens with two attached hydrogens (primary N) is 1. The third-order valence-electron chi connectivity index (χ3n) is 3.12. The molecule has 1 heterocycles. The number of carbonyl (C=O) groups is 1. The van der Waals surface area contributed by atoms with Gasteiger partial charge in [0.1, 0.15) is 11.9 Å². The Morgan fingerprint density at radius 3 is 3.11 bits per heavy atom. The number of ether oxygens (including phenoxy) is 1. The lowest BCUT2D eigenvalue weighted by molar-refractivity contribution is -0.129. The van der Waals surface area contributed by atoms with Crippen LogP contribution in [0.5, 0.6) is 0 Å². The van der Waals surface area contributed by atoms with Crippen molar-refractivity contribution in [3.05, 3.63) is 35.1 Å². The molecule has 2 N–H and O–H groups in total. The van der Waals surface area contributed by atoms with Gasteiger partial charge in [-0.15, -0.1) is 0 Å². The first-order valence-electron chi connectivity index (χ1n) is 5.91. The van der Waals surface area contributed by atoms with Gasteiger partial charge in [-0.05, 0) is 18.2 Å². The van der Waals surface area contributed by atoms with Crippen LogP contribution in [0, 0.1) is 17.1 Å². The molecule has 6 heteroatoms. The van der Waals surface area contributed by atoms with Gasteiger partial charge in [0, 0.05) is 18.7 Å². The summed E-state index contributed by atoms with van der Waals surface area (Å²) in [6, 6.07) is 5.57. The number of rotatable bonds is 3. The molecule has 1 unspecified atom stereocenters. The first-order valence-corrected chi connectivity index (χ1v) is 5.91. The molecule has 2 rings (SSSR count). The van der Waals surface area contributed by atoms with E-state index in [1.165, 1.54) is 18.2 Å². The summed E-state index contributed by atoms with van der Waals surface area (Å²) in [5, 5.41) is 8.82. The summed E-state index contributed by atoms with van der Waals surface area (Å²) in [5.41, 5.74) is 6.07. The van der Waals surface area contributed by atoms with Gasteiger partial charge in [-0.2, -0.15) is 5.26 Å². The van der Waals surface area contributed by atoms with Crippen molar-refractivity contribution in [2.45, 2.75) is 12.6 Å². The fourth-order valence-electron chi connectivity index (χ4n) is 2.07.